The lowest BCUT2D eigenvalue weighted by molar-refractivity contribution is 0.960. The van der Waals surface area contributed by atoms with Crippen molar-refractivity contribution >= 4 is 5.57 Å². The highest BCUT2D eigenvalue weighted by atomic mass is 14.0. The smallest absolute Gasteiger partial charge is 0.0163 e. The zero-order valence-corrected chi connectivity index (χ0v) is 13.2. The maximum Gasteiger partial charge on any atom is -0.0163 e. The van der Waals surface area contributed by atoms with E-state index in [1.165, 1.54) is 17.6 Å². The van der Waals surface area contributed by atoms with E-state index in [-0.39, 0.29) is 0 Å². The number of unbranched alkanes of at least 4 members (excludes halogenated alkanes) is 1. The van der Waals surface area contributed by atoms with Gasteiger partial charge in [-0.1, -0.05) is 98.4 Å². The van der Waals surface area contributed by atoms with Crippen LogP contribution in [0.15, 0.2) is 85.0 Å². The molecule has 0 spiro atoms. The Bertz CT molecular complexity index is 496. The van der Waals surface area contributed by atoms with E-state index in [1.54, 1.807) is 0 Å². The summed E-state index contributed by atoms with van der Waals surface area (Å²) in [6, 6.07) is 10.5. The lowest BCUT2D eigenvalue weighted by Gasteiger charge is -2.01. The molecule has 0 saturated heterocycles. The van der Waals surface area contributed by atoms with Crippen molar-refractivity contribution < 1.29 is 0 Å². The van der Waals surface area contributed by atoms with Gasteiger partial charge in [-0.15, -0.1) is 0 Å². The van der Waals surface area contributed by atoms with Crippen molar-refractivity contribution in [3.63, 3.8) is 0 Å². The van der Waals surface area contributed by atoms with Crippen molar-refractivity contribution in [2.24, 2.45) is 0 Å². The maximum absolute atomic E-state index is 2.30. The van der Waals surface area contributed by atoms with Gasteiger partial charge >= 0.3 is 0 Å². The van der Waals surface area contributed by atoms with Gasteiger partial charge in [-0.3, -0.25) is 0 Å². The second kappa shape index (κ2) is 11.7. The summed E-state index contributed by atoms with van der Waals surface area (Å²) >= 11 is 0. The minimum Gasteiger partial charge on any atom is -0.0871 e. The van der Waals surface area contributed by atoms with E-state index in [0.29, 0.717) is 0 Å². The van der Waals surface area contributed by atoms with Gasteiger partial charge in [-0.25, -0.2) is 0 Å². The van der Waals surface area contributed by atoms with Gasteiger partial charge < -0.3 is 0 Å². The van der Waals surface area contributed by atoms with E-state index in [9.17, 15) is 0 Å². The number of hydrogen-bond acceptors (Lipinski definition) is 0. The Morgan fingerprint density at radius 1 is 1.00 bits per heavy atom. The highest BCUT2D eigenvalue weighted by molar-refractivity contribution is 5.73. The third-order valence-electron chi connectivity index (χ3n) is 2.98. The van der Waals surface area contributed by atoms with Crippen molar-refractivity contribution in [1.29, 1.82) is 0 Å². The quantitative estimate of drug-likeness (QED) is 0.551. The van der Waals surface area contributed by atoms with Crippen LogP contribution in [0.3, 0.4) is 0 Å². The first-order valence-corrected chi connectivity index (χ1v) is 7.75. The van der Waals surface area contributed by atoms with Crippen LogP contribution in [0.25, 0.3) is 5.57 Å². The van der Waals surface area contributed by atoms with Gasteiger partial charge in [-0.2, -0.15) is 0 Å². The maximum atomic E-state index is 2.30. The molecule has 110 valence electrons. The van der Waals surface area contributed by atoms with Crippen LogP contribution in [0.1, 0.15) is 38.7 Å². The Morgan fingerprint density at radius 3 is 2.24 bits per heavy atom. The molecular weight excluding hydrogens is 252 g/mol. The highest BCUT2D eigenvalue weighted by Gasteiger charge is 1.94. The second-order valence-corrected chi connectivity index (χ2v) is 4.79. The lowest BCUT2D eigenvalue weighted by atomic mass is 10.0. The van der Waals surface area contributed by atoms with E-state index in [4.69, 9.17) is 0 Å². The Balaban J connectivity index is 0.000000262. The molecule has 0 heterocycles. The summed E-state index contributed by atoms with van der Waals surface area (Å²) in [4.78, 5) is 0. The molecule has 2 rings (SSSR count). The molecule has 1 aromatic carbocycles. The fourth-order valence-corrected chi connectivity index (χ4v) is 1.91. The van der Waals surface area contributed by atoms with Crippen LogP contribution in [0.5, 0.6) is 0 Å². The third-order valence-corrected chi connectivity index (χ3v) is 2.98. The van der Waals surface area contributed by atoms with Crippen LogP contribution in [0.4, 0.5) is 0 Å². The second-order valence-electron chi connectivity index (χ2n) is 4.79. The van der Waals surface area contributed by atoms with E-state index < -0.39 is 0 Å². The monoisotopic (exact) mass is 278 g/mol. The molecule has 0 heteroatoms. The minimum absolute atomic E-state index is 1.08. The molecule has 0 fully saturated rings. The van der Waals surface area contributed by atoms with Crippen LogP contribution in [-0.2, 0) is 0 Å². The van der Waals surface area contributed by atoms with Crippen molar-refractivity contribution in [1.82, 2.24) is 0 Å². The topological polar surface area (TPSA) is 0 Å². The third kappa shape index (κ3) is 7.94. The Morgan fingerprint density at radius 2 is 1.67 bits per heavy atom. The summed E-state index contributed by atoms with van der Waals surface area (Å²) in [5.74, 6) is 0. The number of hydrogen-bond donors (Lipinski definition) is 0. The fourth-order valence-electron chi connectivity index (χ4n) is 1.91. The predicted molar refractivity (Wildman–Crippen MR) is 96.2 cm³/mol. The SMILES string of the molecule is C/C=C\C(=C/CCC)c1ccccc1.C1=CC=CCC=C1. The van der Waals surface area contributed by atoms with Gasteiger partial charge in [-0.05, 0) is 30.9 Å². The summed E-state index contributed by atoms with van der Waals surface area (Å²) in [5, 5.41) is 0. The molecule has 0 atom stereocenters. The summed E-state index contributed by atoms with van der Waals surface area (Å²) in [6.45, 7) is 4.26. The summed E-state index contributed by atoms with van der Waals surface area (Å²) in [7, 11) is 0. The predicted octanol–water partition coefficient (Wildman–Crippen LogP) is 6.50. The molecule has 0 nitrogen and oxygen atoms in total. The Hall–Kier alpha value is -2.08. The zero-order valence-electron chi connectivity index (χ0n) is 13.2. The number of benzene rings is 1. The van der Waals surface area contributed by atoms with Gasteiger partial charge in [0.1, 0.15) is 0 Å². The van der Waals surface area contributed by atoms with E-state index in [0.717, 1.165) is 12.8 Å². The van der Waals surface area contributed by atoms with Gasteiger partial charge in [0, 0.05) is 0 Å². The van der Waals surface area contributed by atoms with E-state index in [2.05, 4.69) is 86.7 Å². The van der Waals surface area contributed by atoms with Crippen LogP contribution < -0.4 is 0 Å². The number of allylic oxidation sites excluding steroid dienone is 10. The Kier molecular flexibility index (Phi) is 9.47. The molecule has 0 radical (unpaired) electrons. The molecule has 0 amide bonds. The van der Waals surface area contributed by atoms with Crippen molar-refractivity contribution in [2.45, 2.75) is 33.1 Å². The molecule has 1 aromatic rings. The Labute approximate surface area is 129 Å². The molecule has 21 heavy (non-hydrogen) atoms. The normalized spacial score (nSPS) is 13.9. The van der Waals surface area contributed by atoms with E-state index >= 15 is 0 Å². The van der Waals surface area contributed by atoms with Gasteiger partial charge in [0.05, 0.1) is 0 Å². The molecule has 0 unspecified atom stereocenters. The van der Waals surface area contributed by atoms with Crippen molar-refractivity contribution in [2.75, 3.05) is 0 Å². The molecule has 0 N–H and O–H groups in total. The molecule has 0 saturated carbocycles. The first-order chi connectivity index (χ1) is 10.4. The van der Waals surface area contributed by atoms with Crippen molar-refractivity contribution in [3.05, 3.63) is 90.6 Å². The zero-order chi connectivity index (χ0) is 15.2. The summed E-state index contributed by atoms with van der Waals surface area (Å²) in [6.07, 6.45) is 22.4. The first kappa shape index (κ1) is 17.0. The molecular formula is C21H26. The fraction of sp³-hybridized carbons (Fsp3) is 0.238. The van der Waals surface area contributed by atoms with Gasteiger partial charge in [0.15, 0.2) is 0 Å². The van der Waals surface area contributed by atoms with Crippen LogP contribution in [0.2, 0.25) is 0 Å². The summed E-state index contributed by atoms with van der Waals surface area (Å²) in [5.41, 5.74) is 2.63. The van der Waals surface area contributed by atoms with Crippen LogP contribution >= 0.6 is 0 Å². The molecule has 0 aromatic heterocycles. The van der Waals surface area contributed by atoms with Crippen LogP contribution in [-0.4, -0.2) is 0 Å². The molecule has 0 aliphatic heterocycles. The van der Waals surface area contributed by atoms with Gasteiger partial charge in [0.2, 0.25) is 0 Å². The average molecular weight is 278 g/mol. The van der Waals surface area contributed by atoms with E-state index in [1.807, 2.05) is 12.2 Å². The molecule has 1 aliphatic carbocycles. The molecule has 0 bridgehead atoms. The lowest BCUT2D eigenvalue weighted by Crippen LogP contribution is -1.80. The van der Waals surface area contributed by atoms with Crippen molar-refractivity contribution in [3.8, 4) is 0 Å². The number of rotatable bonds is 4. The first-order valence-electron chi connectivity index (χ1n) is 7.75. The average Bonchev–Trinajstić information content (AvgIpc) is 2.85. The standard InChI is InChI=1S/C14H18.C7H8/c1-3-5-10-13(9-4-2)14-11-7-6-8-12-14;1-2-4-6-7-5-3-1/h4,6-12H,3,5H2,1-2H3;1-6H,7H2/b9-4-,13-10+;. The molecule has 1 aliphatic rings. The highest BCUT2D eigenvalue weighted by Crippen LogP contribution is 2.16. The van der Waals surface area contributed by atoms with Crippen LogP contribution in [0, 0.1) is 0 Å². The van der Waals surface area contributed by atoms with Gasteiger partial charge in [0.25, 0.3) is 0 Å². The minimum atomic E-state index is 1.08. The summed E-state index contributed by atoms with van der Waals surface area (Å²) < 4.78 is 0. The largest absolute Gasteiger partial charge is 0.0871 e.